The van der Waals surface area contributed by atoms with Gasteiger partial charge in [-0.25, -0.2) is 36.3 Å². The van der Waals surface area contributed by atoms with Gasteiger partial charge in [0.1, 0.15) is 0 Å². The van der Waals surface area contributed by atoms with Crippen molar-refractivity contribution < 1.29 is 21.6 Å². The van der Waals surface area contributed by atoms with Gasteiger partial charge in [-0.1, -0.05) is 11.6 Å². The van der Waals surface area contributed by atoms with E-state index in [-0.39, 0.29) is 22.3 Å². The maximum Gasteiger partial charge on any atom is 0.320 e. The molecule has 0 saturated carbocycles. The first-order valence-corrected chi connectivity index (χ1v) is 14.1. The first-order valence-electron chi connectivity index (χ1n) is 10.8. The molecule has 1 saturated heterocycles. The molecule has 0 bridgehead atoms. The maximum atomic E-state index is 13.0. The number of aryl methyl sites for hydroxylation is 1. The number of rotatable bonds is 7. The van der Waals surface area contributed by atoms with Gasteiger partial charge in [0.05, 0.1) is 16.0 Å². The molecule has 2 heterocycles. The van der Waals surface area contributed by atoms with Crippen LogP contribution < -0.4 is 15.4 Å². The standard InChI is InChI=1S/C22H23ClN6O5S2/c1-15-12-13-24-21(25-15)28-35(31,32)18-10-6-17(7-11-18)26-22(30)27-20-3-2-14-29(20)36(33,34)19-8-4-16(23)5-9-19/h4-13,20H,2-3,14H2,1H3,(H,24,25,28)(H2,26,27,30). The number of benzene rings is 2. The molecule has 4 rings (SSSR count). The van der Waals surface area contributed by atoms with E-state index in [1.165, 1.54) is 59.0 Å². The molecule has 3 N–H and O–H groups in total. The lowest BCUT2D eigenvalue weighted by atomic mass is 10.3. The van der Waals surface area contributed by atoms with Gasteiger partial charge in [0, 0.05) is 29.1 Å². The highest BCUT2D eigenvalue weighted by Gasteiger charge is 2.36. The molecular formula is C22H23ClN6O5S2. The fourth-order valence-corrected chi connectivity index (χ4v) is 6.32. The molecule has 3 aromatic rings. The number of nitrogens with zero attached hydrogens (tertiary/aromatic N) is 3. The Bertz CT molecular complexity index is 1470. The first-order chi connectivity index (χ1) is 17.0. The van der Waals surface area contributed by atoms with Crippen LogP contribution in [0.15, 0.2) is 70.6 Å². The normalized spacial score (nSPS) is 16.4. The highest BCUT2D eigenvalue weighted by atomic mass is 35.5. The highest BCUT2D eigenvalue weighted by Crippen LogP contribution is 2.26. The zero-order chi connectivity index (χ0) is 25.9. The molecule has 1 unspecified atom stereocenters. The third-order valence-corrected chi connectivity index (χ3v) is 8.88. The summed E-state index contributed by atoms with van der Waals surface area (Å²) in [5.74, 6) is -0.0498. The highest BCUT2D eigenvalue weighted by molar-refractivity contribution is 7.92. The smallest absolute Gasteiger partial charge is 0.320 e. The summed E-state index contributed by atoms with van der Waals surface area (Å²) < 4.78 is 54.7. The Morgan fingerprint density at radius 3 is 2.33 bits per heavy atom. The van der Waals surface area contributed by atoms with Crippen molar-refractivity contribution in [3.05, 3.63) is 71.5 Å². The van der Waals surface area contributed by atoms with Crippen molar-refractivity contribution in [2.45, 2.75) is 35.7 Å². The third kappa shape index (κ3) is 5.93. The van der Waals surface area contributed by atoms with Crippen LogP contribution in [-0.2, 0) is 20.0 Å². The lowest BCUT2D eigenvalue weighted by Crippen LogP contribution is -2.48. The molecule has 190 valence electrons. The van der Waals surface area contributed by atoms with Crippen molar-refractivity contribution in [1.82, 2.24) is 19.6 Å². The monoisotopic (exact) mass is 550 g/mol. The summed E-state index contributed by atoms with van der Waals surface area (Å²) in [5.41, 5.74) is 0.929. The fraction of sp³-hybridized carbons (Fsp3) is 0.227. The minimum atomic E-state index is -3.93. The first kappa shape index (κ1) is 25.8. The number of sulfonamides is 2. The molecule has 11 nitrogen and oxygen atoms in total. The number of urea groups is 1. The van der Waals surface area contributed by atoms with Crippen LogP contribution >= 0.6 is 11.6 Å². The number of anilines is 2. The van der Waals surface area contributed by atoms with E-state index < -0.39 is 32.2 Å². The largest absolute Gasteiger partial charge is 0.321 e. The topological polar surface area (TPSA) is 150 Å². The number of aromatic nitrogens is 2. The van der Waals surface area contributed by atoms with Gasteiger partial charge in [-0.3, -0.25) is 0 Å². The van der Waals surface area contributed by atoms with Gasteiger partial charge < -0.3 is 10.6 Å². The van der Waals surface area contributed by atoms with E-state index in [0.717, 1.165) is 0 Å². The second kappa shape index (κ2) is 10.4. The van der Waals surface area contributed by atoms with Crippen LogP contribution in [0.2, 0.25) is 5.02 Å². The van der Waals surface area contributed by atoms with Crippen LogP contribution in [-0.4, -0.2) is 49.9 Å². The van der Waals surface area contributed by atoms with Crippen molar-refractivity contribution in [2.75, 3.05) is 16.6 Å². The average molecular weight is 551 g/mol. The number of carbonyl (C=O) groups is 1. The van der Waals surface area contributed by atoms with E-state index >= 15 is 0 Å². The molecule has 2 amide bonds. The number of hydrogen-bond donors (Lipinski definition) is 3. The molecule has 1 aliphatic rings. The van der Waals surface area contributed by atoms with E-state index in [1.54, 1.807) is 13.0 Å². The van der Waals surface area contributed by atoms with Crippen molar-refractivity contribution in [3.63, 3.8) is 0 Å². The Morgan fingerprint density at radius 1 is 1.00 bits per heavy atom. The molecule has 0 aliphatic carbocycles. The quantitative estimate of drug-likeness (QED) is 0.408. The summed E-state index contributed by atoms with van der Waals surface area (Å²) in [4.78, 5) is 20.5. The fourth-order valence-electron chi connectivity index (χ4n) is 3.63. The van der Waals surface area contributed by atoms with Gasteiger partial charge in [-0.05, 0) is 74.4 Å². The van der Waals surface area contributed by atoms with Gasteiger partial charge in [0.25, 0.3) is 10.0 Å². The molecule has 1 aliphatic heterocycles. The van der Waals surface area contributed by atoms with Gasteiger partial charge in [0.2, 0.25) is 16.0 Å². The second-order valence-electron chi connectivity index (χ2n) is 7.98. The summed E-state index contributed by atoms with van der Waals surface area (Å²) in [6, 6.07) is 12.3. The van der Waals surface area contributed by atoms with Crippen molar-refractivity contribution in [1.29, 1.82) is 0 Å². The number of halogens is 1. The molecule has 14 heteroatoms. The van der Waals surface area contributed by atoms with E-state index in [9.17, 15) is 21.6 Å². The van der Waals surface area contributed by atoms with Crippen LogP contribution in [0.25, 0.3) is 0 Å². The Hall–Kier alpha value is -3.26. The van der Waals surface area contributed by atoms with Crippen molar-refractivity contribution in [3.8, 4) is 0 Å². The SMILES string of the molecule is Cc1ccnc(NS(=O)(=O)c2ccc(NC(=O)NC3CCCN3S(=O)(=O)c3ccc(Cl)cc3)cc2)n1. The van der Waals surface area contributed by atoms with Crippen molar-refractivity contribution >= 4 is 49.3 Å². The van der Waals surface area contributed by atoms with Gasteiger partial charge >= 0.3 is 6.03 Å². The zero-order valence-electron chi connectivity index (χ0n) is 19.0. The Labute approximate surface area is 214 Å². The zero-order valence-corrected chi connectivity index (χ0v) is 21.4. The van der Waals surface area contributed by atoms with Gasteiger partial charge in [0.15, 0.2) is 0 Å². The number of carbonyl (C=O) groups excluding carboxylic acids is 1. The molecule has 1 fully saturated rings. The van der Waals surface area contributed by atoms with Gasteiger partial charge in [-0.2, -0.15) is 4.31 Å². The third-order valence-electron chi connectivity index (χ3n) is 5.36. The Morgan fingerprint density at radius 2 is 1.67 bits per heavy atom. The summed E-state index contributed by atoms with van der Waals surface area (Å²) in [7, 11) is -7.76. The van der Waals surface area contributed by atoms with Crippen LogP contribution in [0.4, 0.5) is 16.4 Å². The summed E-state index contributed by atoms with van der Waals surface area (Å²) in [6.07, 6.45) is 1.74. The van der Waals surface area contributed by atoms with Crippen LogP contribution in [0, 0.1) is 6.92 Å². The number of nitrogens with one attached hydrogen (secondary N) is 3. The maximum absolute atomic E-state index is 13.0. The minimum absolute atomic E-state index is 0.0467. The lowest BCUT2D eigenvalue weighted by Gasteiger charge is -2.25. The molecule has 0 radical (unpaired) electrons. The van der Waals surface area contributed by atoms with Gasteiger partial charge in [-0.15, -0.1) is 0 Å². The van der Waals surface area contributed by atoms with E-state index in [0.29, 0.717) is 29.2 Å². The molecular weight excluding hydrogens is 528 g/mol. The van der Waals surface area contributed by atoms with Crippen molar-refractivity contribution in [2.24, 2.45) is 0 Å². The number of amides is 2. The predicted molar refractivity (Wildman–Crippen MR) is 135 cm³/mol. The Kier molecular flexibility index (Phi) is 7.45. The lowest BCUT2D eigenvalue weighted by molar-refractivity contribution is 0.240. The van der Waals surface area contributed by atoms with Crippen LogP contribution in [0.3, 0.4) is 0 Å². The summed E-state index contributed by atoms with van der Waals surface area (Å²) in [5, 5.41) is 5.68. The summed E-state index contributed by atoms with van der Waals surface area (Å²) >= 11 is 5.86. The van der Waals surface area contributed by atoms with E-state index in [4.69, 9.17) is 11.6 Å². The van der Waals surface area contributed by atoms with Crippen LogP contribution in [0.5, 0.6) is 0 Å². The predicted octanol–water partition coefficient (Wildman–Crippen LogP) is 3.17. The van der Waals surface area contributed by atoms with E-state index in [1.807, 2.05) is 0 Å². The minimum Gasteiger partial charge on any atom is -0.321 e. The second-order valence-corrected chi connectivity index (χ2v) is 12.0. The molecule has 1 atom stereocenters. The number of hydrogen-bond acceptors (Lipinski definition) is 7. The molecule has 0 spiro atoms. The molecule has 36 heavy (non-hydrogen) atoms. The molecule has 1 aromatic heterocycles. The summed E-state index contributed by atoms with van der Waals surface area (Å²) in [6.45, 7) is 1.98. The average Bonchev–Trinajstić information content (AvgIpc) is 3.28. The van der Waals surface area contributed by atoms with E-state index in [2.05, 4.69) is 25.3 Å². The van der Waals surface area contributed by atoms with Crippen LogP contribution in [0.1, 0.15) is 18.5 Å². The Balaban J connectivity index is 1.39. The molecule has 2 aromatic carbocycles.